The number of phenolic OH excluding ortho intramolecular Hbond substituents is 1. The highest BCUT2D eigenvalue weighted by atomic mass is 19.3. The van der Waals surface area contributed by atoms with Gasteiger partial charge in [0.25, 0.3) is 0 Å². The van der Waals surface area contributed by atoms with Gasteiger partial charge in [-0.1, -0.05) is 6.07 Å². The molecule has 2 aromatic carbocycles. The number of carbonyl (C=O) groups excluding carboxylic acids is 1. The molecule has 0 amide bonds. The van der Waals surface area contributed by atoms with Gasteiger partial charge < -0.3 is 23.7 Å². The molecule has 0 fully saturated rings. The van der Waals surface area contributed by atoms with Gasteiger partial charge in [0.15, 0.2) is 11.5 Å². The zero-order chi connectivity index (χ0) is 19.4. The van der Waals surface area contributed by atoms with E-state index in [0.717, 1.165) is 0 Å². The van der Waals surface area contributed by atoms with Gasteiger partial charge in [0, 0.05) is 17.0 Å². The van der Waals surface area contributed by atoms with Crippen LogP contribution in [-0.4, -0.2) is 24.8 Å². The lowest BCUT2D eigenvalue weighted by atomic mass is 10.1. The predicted octanol–water partition coefficient (Wildman–Crippen LogP) is 4.03. The lowest BCUT2D eigenvalue weighted by Gasteiger charge is -2.11. The summed E-state index contributed by atoms with van der Waals surface area (Å²) in [6.45, 7) is -3.02. The summed E-state index contributed by atoms with van der Waals surface area (Å²) in [6, 6.07) is 8.90. The Kier molecular flexibility index (Phi) is 5.44. The minimum Gasteiger partial charge on any atom is -0.508 e. The Labute approximate surface area is 152 Å². The third kappa shape index (κ3) is 4.46. The molecule has 8 heteroatoms. The van der Waals surface area contributed by atoms with Gasteiger partial charge >= 0.3 is 12.6 Å². The summed E-state index contributed by atoms with van der Waals surface area (Å²) >= 11 is 0. The van der Waals surface area contributed by atoms with E-state index in [1.807, 2.05) is 0 Å². The molecule has 0 aliphatic rings. The Balaban J connectivity index is 1.63. The van der Waals surface area contributed by atoms with Crippen molar-refractivity contribution in [3.8, 4) is 17.2 Å². The number of hydrogen-bond donors (Lipinski definition) is 1. The maximum absolute atomic E-state index is 12.3. The second-order valence-corrected chi connectivity index (χ2v) is 5.64. The fraction of sp³-hybridized carbons (Fsp3) is 0.211. The van der Waals surface area contributed by atoms with Crippen LogP contribution in [0.1, 0.15) is 11.1 Å². The highest BCUT2D eigenvalue weighted by molar-refractivity contribution is 5.86. The van der Waals surface area contributed by atoms with Crippen LogP contribution in [0.5, 0.6) is 17.2 Å². The number of aromatic hydroxyl groups is 1. The average Bonchev–Trinajstić information content (AvgIpc) is 3.02. The first kappa shape index (κ1) is 18.5. The molecule has 3 rings (SSSR count). The Morgan fingerprint density at radius 1 is 1.19 bits per heavy atom. The highest BCUT2D eigenvalue weighted by Gasteiger charge is 2.14. The quantitative estimate of drug-likeness (QED) is 0.626. The Morgan fingerprint density at radius 2 is 2.00 bits per heavy atom. The van der Waals surface area contributed by atoms with Gasteiger partial charge in [0.05, 0.1) is 19.8 Å². The number of hydrogen-bond acceptors (Lipinski definition) is 6. The van der Waals surface area contributed by atoms with Gasteiger partial charge in [0.2, 0.25) is 0 Å². The first-order valence-electron chi connectivity index (χ1n) is 7.92. The third-order valence-corrected chi connectivity index (χ3v) is 3.82. The zero-order valence-electron chi connectivity index (χ0n) is 14.3. The van der Waals surface area contributed by atoms with Crippen LogP contribution in [0.2, 0.25) is 0 Å². The van der Waals surface area contributed by atoms with E-state index in [2.05, 4.69) is 4.74 Å². The molecule has 1 N–H and O–H groups in total. The minimum absolute atomic E-state index is 0.0124. The number of halogens is 2. The normalized spacial score (nSPS) is 11.0. The van der Waals surface area contributed by atoms with Gasteiger partial charge in [-0.25, -0.2) is 0 Å². The van der Waals surface area contributed by atoms with Crippen molar-refractivity contribution in [1.82, 2.24) is 0 Å². The number of phenols is 1. The summed E-state index contributed by atoms with van der Waals surface area (Å²) in [7, 11) is 1.32. The van der Waals surface area contributed by atoms with Gasteiger partial charge in [-0.05, 0) is 29.8 Å². The Morgan fingerprint density at radius 3 is 2.74 bits per heavy atom. The molecule has 0 radical (unpaired) electrons. The van der Waals surface area contributed by atoms with Crippen LogP contribution in [0.25, 0.3) is 11.0 Å². The molecule has 1 aromatic heterocycles. The monoisotopic (exact) mass is 378 g/mol. The molecular formula is C19H16F2O6. The number of ether oxygens (including phenoxy) is 3. The number of benzene rings is 2. The maximum Gasteiger partial charge on any atom is 0.387 e. The first-order chi connectivity index (χ1) is 13.0. The van der Waals surface area contributed by atoms with Crippen molar-refractivity contribution >= 4 is 16.9 Å². The molecule has 0 bridgehead atoms. The van der Waals surface area contributed by atoms with Crippen LogP contribution in [0.15, 0.2) is 47.1 Å². The van der Waals surface area contributed by atoms with Gasteiger partial charge in [-0.2, -0.15) is 8.78 Å². The molecule has 0 aliphatic heterocycles. The first-order valence-corrected chi connectivity index (χ1v) is 7.92. The highest BCUT2D eigenvalue weighted by Crippen LogP contribution is 2.30. The minimum atomic E-state index is -2.96. The number of carbonyl (C=O) groups is 1. The maximum atomic E-state index is 12.3. The fourth-order valence-corrected chi connectivity index (χ4v) is 2.57. The molecule has 1 heterocycles. The topological polar surface area (TPSA) is 78.1 Å². The molecule has 0 atom stereocenters. The van der Waals surface area contributed by atoms with Crippen LogP contribution in [0.3, 0.4) is 0 Å². The van der Waals surface area contributed by atoms with Crippen molar-refractivity contribution in [2.45, 2.75) is 19.6 Å². The van der Waals surface area contributed by atoms with E-state index in [0.29, 0.717) is 22.1 Å². The van der Waals surface area contributed by atoms with Crippen LogP contribution in [-0.2, 0) is 22.6 Å². The average molecular weight is 378 g/mol. The summed E-state index contributed by atoms with van der Waals surface area (Å²) in [5.41, 5.74) is 1.66. The van der Waals surface area contributed by atoms with Gasteiger partial charge in [-0.15, -0.1) is 0 Å². The molecule has 0 aliphatic carbocycles. The van der Waals surface area contributed by atoms with Crippen LogP contribution >= 0.6 is 0 Å². The number of alkyl halides is 2. The second kappa shape index (κ2) is 7.94. The Hall–Kier alpha value is -3.29. The van der Waals surface area contributed by atoms with E-state index in [4.69, 9.17) is 13.9 Å². The molecule has 0 spiro atoms. The summed E-state index contributed by atoms with van der Waals surface area (Å²) < 4.78 is 44.5. The lowest BCUT2D eigenvalue weighted by molar-refractivity contribution is -0.144. The second-order valence-electron chi connectivity index (χ2n) is 5.64. The number of rotatable bonds is 7. The SMILES string of the molecule is COc1cc(COC(=O)Cc2coc3cc(O)ccc23)ccc1OC(F)F. The number of methoxy groups -OCH3 is 1. The summed E-state index contributed by atoms with van der Waals surface area (Å²) in [6.07, 6.45) is 1.42. The number of furan rings is 1. The van der Waals surface area contributed by atoms with Crippen molar-refractivity contribution in [2.24, 2.45) is 0 Å². The van der Waals surface area contributed by atoms with Crippen molar-refractivity contribution in [3.63, 3.8) is 0 Å². The smallest absolute Gasteiger partial charge is 0.387 e. The molecule has 0 saturated heterocycles. The molecule has 142 valence electrons. The van der Waals surface area contributed by atoms with Crippen LogP contribution in [0.4, 0.5) is 8.78 Å². The van der Waals surface area contributed by atoms with E-state index >= 15 is 0 Å². The molecule has 27 heavy (non-hydrogen) atoms. The van der Waals surface area contributed by atoms with Gasteiger partial charge in [0.1, 0.15) is 17.9 Å². The number of fused-ring (bicyclic) bond motifs is 1. The van der Waals surface area contributed by atoms with E-state index in [1.165, 1.54) is 43.7 Å². The standard InChI is InChI=1S/C19H16F2O6/c1-24-17-6-11(2-5-15(17)27-19(20)21)9-26-18(23)7-12-10-25-16-8-13(22)3-4-14(12)16/h2-6,8,10,19,22H,7,9H2,1H3. The molecule has 6 nitrogen and oxygen atoms in total. The lowest BCUT2D eigenvalue weighted by Crippen LogP contribution is -2.08. The van der Waals surface area contributed by atoms with Crippen LogP contribution < -0.4 is 9.47 Å². The van der Waals surface area contributed by atoms with Crippen molar-refractivity contribution in [2.75, 3.05) is 7.11 Å². The largest absolute Gasteiger partial charge is 0.508 e. The predicted molar refractivity (Wildman–Crippen MR) is 91.0 cm³/mol. The van der Waals surface area contributed by atoms with Crippen LogP contribution in [0, 0.1) is 0 Å². The summed E-state index contributed by atoms with van der Waals surface area (Å²) in [5, 5.41) is 10.1. The molecular weight excluding hydrogens is 362 g/mol. The summed E-state index contributed by atoms with van der Waals surface area (Å²) in [4.78, 5) is 12.1. The van der Waals surface area contributed by atoms with E-state index < -0.39 is 12.6 Å². The molecule has 3 aromatic rings. The van der Waals surface area contributed by atoms with Crippen molar-refractivity contribution in [1.29, 1.82) is 0 Å². The number of esters is 1. The van der Waals surface area contributed by atoms with Crippen molar-refractivity contribution < 1.29 is 37.3 Å². The van der Waals surface area contributed by atoms with E-state index in [-0.39, 0.29) is 30.3 Å². The zero-order valence-corrected chi connectivity index (χ0v) is 14.3. The van der Waals surface area contributed by atoms with Gasteiger partial charge in [-0.3, -0.25) is 4.79 Å². The van der Waals surface area contributed by atoms with Crippen molar-refractivity contribution in [3.05, 3.63) is 53.8 Å². The van der Waals surface area contributed by atoms with E-state index in [1.54, 1.807) is 6.07 Å². The van der Waals surface area contributed by atoms with E-state index in [9.17, 15) is 18.7 Å². The fourth-order valence-electron chi connectivity index (χ4n) is 2.57. The summed E-state index contributed by atoms with van der Waals surface area (Å²) in [5.74, 6) is -0.406. The Bertz CT molecular complexity index is 951. The third-order valence-electron chi connectivity index (χ3n) is 3.82. The molecule has 0 unspecified atom stereocenters. The molecule has 0 saturated carbocycles.